The Labute approximate surface area is 87.9 Å². The third-order valence-electron chi connectivity index (χ3n) is 2.04. The Bertz CT molecular complexity index is 230. The summed E-state index contributed by atoms with van der Waals surface area (Å²) < 4.78 is 1.13. The summed E-state index contributed by atoms with van der Waals surface area (Å²) in [4.78, 5) is 0. The summed E-state index contributed by atoms with van der Waals surface area (Å²) >= 11 is 3.41. The van der Waals surface area contributed by atoms with Crippen LogP contribution < -0.4 is 0 Å². The number of aliphatic hydroxyl groups excluding tert-OH is 1. The van der Waals surface area contributed by atoms with Gasteiger partial charge in [-0.3, -0.25) is 0 Å². The van der Waals surface area contributed by atoms with E-state index in [1.54, 1.807) is 0 Å². The van der Waals surface area contributed by atoms with Crippen molar-refractivity contribution in [1.82, 2.24) is 0 Å². The average Bonchev–Trinajstić information content (AvgIpc) is 2.15. The fraction of sp³-hybridized carbons (Fsp3) is 0.455. The molecule has 0 aliphatic rings. The van der Waals surface area contributed by atoms with Gasteiger partial charge in [0.05, 0.1) is 0 Å². The van der Waals surface area contributed by atoms with E-state index < -0.39 is 0 Å². The molecule has 0 heterocycles. The Morgan fingerprint density at radius 1 is 1.00 bits per heavy atom. The minimum absolute atomic E-state index is 0.320. The van der Waals surface area contributed by atoms with E-state index in [0.717, 1.165) is 23.7 Å². The van der Waals surface area contributed by atoms with Gasteiger partial charge in [0.25, 0.3) is 0 Å². The highest BCUT2D eigenvalue weighted by Gasteiger charge is 1.93. The molecule has 0 radical (unpaired) electrons. The van der Waals surface area contributed by atoms with Crippen molar-refractivity contribution in [3.05, 3.63) is 34.3 Å². The van der Waals surface area contributed by atoms with E-state index >= 15 is 0 Å². The molecule has 0 saturated carbocycles. The van der Waals surface area contributed by atoms with Crippen LogP contribution in [0, 0.1) is 0 Å². The first-order chi connectivity index (χ1) is 6.33. The molecule has 1 N–H and O–H groups in total. The van der Waals surface area contributed by atoms with Gasteiger partial charge in [0.15, 0.2) is 0 Å². The number of aryl methyl sites for hydroxylation is 1. The second-order valence-electron chi connectivity index (χ2n) is 3.16. The van der Waals surface area contributed by atoms with E-state index in [1.165, 1.54) is 12.0 Å². The summed E-state index contributed by atoms with van der Waals surface area (Å²) in [5.74, 6) is 0. The van der Waals surface area contributed by atoms with Crippen LogP contribution in [0.2, 0.25) is 0 Å². The molecule has 0 aromatic heterocycles. The Hall–Kier alpha value is -0.340. The molecule has 2 heteroatoms. The van der Waals surface area contributed by atoms with Gasteiger partial charge >= 0.3 is 0 Å². The number of rotatable bonds is 5. The molecule has 0 fully saturated rings. The lowest BCUT2D eigenvalue weighted by molar-refractivity contribution is 0.283. The molecule has 0 aliphatic heterocycles. The van der Waals surface area contributed by atoms with Gasteiger partial charge in [-0.2, -0.15) is 0 Å². The van der Waals surface area contributed by atoms with E-state index in [0.29, 0.717) is 6.61 Å². The Morgan fingerprint density at radius 3 is 2.31 bits per heavy atom. The van der Waals surface area contributed by atoms with Gasteiger partial charge in [0.1, 0.15) is 0 Å². The highest BCUT2D eigenvalue weighted by atomic mass is 79.9. The summed E-state index contributed by atoms with van der Waals surface area (Å²) in [6, 6.07) is 8.43. The first-order valence-electron chi connectivity index (χ1n) is 4.68. The molecule has 1 aromatic carbocycles. The predicted molar refractivity (Wildman–Crippen MR) is 58.8 cm³/mol. The number of unbranched alkanes of at least 4 members (excludes halogenated alkanes) is 2. The smallest absolute Gasteiger partial charge is 0.0431 e. The number of hydrogen-bond donors (Lipinski definition) is 1. The van der Waals surface area contributed by atoms with Gasteiger partial charge in [-0.15, -0.1) is 0 Å². The van der Waals surface area contributed by atoms with Crippen LogP contribution in [0.5, 0.6) is 0 Å². The zero-order chi connectivity index (χ0) is 9.52. The van der Waals surface area contributed by atoms with Crippen molar-refractivity contribution in [1.29, 1.82) is 0 Å². The average molecular weight is 243 g/mol. The minimum atomic E-state index is 0.320. The third-order valence-corrected chi connectivity index (χ3v) is 2.57. The van der Waals surface area contributed by atoms with Crippen LogP contribution in [-0.2, 0) is 6.42 Å². The molecule has 13 heavy (non-hydrogen) atoms. The van der Waals surface area contributed by atoms with E-state index in [2.05, 4.69) is 40.2 Å². The van der Waals surface area contributed by atoms with Crippen molar-refractivity contribution in [3.8, 4) is 0 Å². The molecule has 1 nitrogen and oxygen atoms in total. The monoisotopic (exact) mass is 242 g/mol. The standard InChI is InChI=1S/C11H15BrO/c12-11-7-5-10(6-8-11)4-2-1-3-9-13/h5-8,13H,1-4,9H2. The number of aliphatic hydroxyl groups is 1. The molecular formula is C11H15BrO. The second kappa shape index (κ2) is 6.17. The number of benzene rings is 1. The lowest BCUT2D eigenvalue weighted by atomic mass is 10.1. The molecule has 0 aliphatic carbocycles. The van der Waals surface area contributed by atoms with Crippen molar-refractivity contribution < 1.29 is 5.11 Å². The van der Waals surface area contributed by atoms with Gasteiger partial charge in [0.2, 0.25) is 0 Å². The first kappa shape index (κ1) is 10.7. The lowest BCUT2D eigenvalue weighted by Crippen LogP contribution is -1.87. The largest absolute Gasteiger partial charge is 0.396 e. The zero-order valence-corrected chi connectivity index (χ0v) is 9.26. The molecular weight excluding hydrogens is 228 g/mol. The Morgan fingerprint density at radius 2 is 1.69 bits per heavy atom. The minimum Gasteiger partial charge on any atom is -0.396 e. The van der Waals surface area contributed by atoms with Crippen molar-refractivity contribution in [3.63, 3.8) is 0 Å². The van der Waals surface area contributed by atoms with E-state index in [1.807, 2.05) is 0 Å². The van der Waals surface area contributed by atoms with Crippen LogP contribution in [0.1, 0.15) is 24.8 Å². The zero-order valence-electron chi connectivity index (χ0n) is 7.67. The molecule has 0 amide bonds. The summed E-state index contributed by atoms with van der Waals surface area (Å²) in [5.41, 5.74) is 1.38. The maximum Gasteiger partial charge on any atom is 0.0431 e. The molecule has 1 aromatic rings. The van der Waals surface area contributed by atoms with Crippen LogP contribution in [0.4, 0.5) is 0 Å². The van der Waals surface area contributed by atoms with E-state index in [4.69, 9.17) is 5.11 Å². The lowest BCUT2D eigenvalue weighted by Gasteiger charge is -2.00. The summed E-state index contributed by atoms with van der Waals surface area (Å²) in [7, 11) is 0. The SMILES string of the molecule is OCCCCCc1ccc(Br)cc1. The quantitative estimate of drug-likeness (QED) is 0.787. The first-order valence-corrected chi connectivity index (χ1v) is 5.47. The van der Waals surface area contributed by atoms with Crippen molar-refractivity contribution >= 4 is 15.9 Å². The maximum absolute atomic E-state index is 8.59. The molecule has 1 rings (SSSR count). The predicted octanol–water partition coefficient (Wildman–Crippen LogP) is 3.15. The fourth-order valence-electron chi connectivity index (χ4n) is 1.27. The van der Waals surface area contributed by atoms with Crippen molar-refractivity contribution in [2.75, 3.05) is 6.61 Å². The second-order valence-corrected chi connectivity index (χ2v) is 4.08. The summed E-state index contributed by atoms with van der Waals surface area (Å²) in [6.07, 6.45) is 4.33. The molecule has 0 unspecified atom stereocenters. The van der Waals surface area contributed by atoms with Gasteiger partial charge in [-0.1, -0.05) is 34.5 Å². The molecule has 0 spiro atoms. The summed E-state index contributed by atoms with van der Waals surface area (Å²) in [6.45, 7) is 0.320. The van der Waals surface area contributed by atoms with Crippen molar-refractivity contribution in [2.45, 2.75) is 25.7 Å². The van der Waals surface area contributed by atoms with Gasteiger partial charge in [-0.05, 0) is 37.0 Å². The van der Waals surface area contributed by atoms with Crippen molar-refractivity contribution in [2.24, 2.45) is 0 Å². The van der Waals surface area contributed by atoms with Crippen LogP contribution in [-0.4, -0.2) is 11.7 Å². The number of halogens is 1. The Balaban J connectivity index is 2.25. The molecule has 0 atom stereocenters. The topological polar surface area (TPSA) is 20.2 Å². The highest BCUT2D eigenvalue weighted by molar-refractivity contribution is 9.10. The van der Waals surface area contributed by atoms with Gasteiger partial charge in [0, 0.05) is 11.1 Å². The van der Waals surface area contributed by atoms with Gasteiger partial charge < -0.3 is 5.11 Å². The normalized spacial score (nSPS) is 10.3. The molecule has 0 saturated heterocycles. The molecule has 72 valence electrons. The maximum atomic E-state index is 8.59. The van der Waals surface area contributed by atoms with E-state index in [-0.39, 0.29) is 0 Å². The van der Waals surface area contributed by atoms with Crippen LogP contribution >= 0.6 is 15.9 Å². The van der Waals surface area contributed by atoms with Gasteiger partial charge in [-0.25, -0.2) is 0 Å². The number of hydrogen-bond acceptors (Lipinski definition) is 1. The van der Waals surface area contributed by atoms with Crippen LogP contribution in [0.25, 0.3) is 0 Å². The third kappa shape index (κ3) is 4.44. The highest BCUT2D eigenvalue weighted by Crippen LogP contribution is 2.12. The fourth-order valence-corrected chi connectivity index (χ4v) is 1.53. The van der Waals surface area contributed by atoms with Crippen LogP contribution in [0.3, 0.4) is 0 Å². The van der Waals surface area contributed by atoms with E-state index in [9.17, 15) is 0 Å². The molecule has 0 bridgehead atoms. The Kier molecular flexibility index (Phi) is 5.09. The summed E-state index contributed by atoms with van der Waals surface area (Å²) in [5, 5.41) is 8.59. The van der Waals surface area contributed by atoms with Crippen LogP contribution in [0.15, 0.2) is 28.7 Å².